The van der Waals surface area contributed by atoms with E-state index in [-0.39, 0.29) is 19.4 Å². The molecule has 0 radical (unpaired) electrons. The topological polar surface area (TPSA) is 169 Å². The predicted octanol–water partition coefficient (Wildman–Crippen LogP) is 9.53. The van der Waals surface area contributed by atoms with Crippen molar-refractivity contribution in [3.8, 4) is 0 Å². The largest absolute Gasteiger partial charge is 0.479 e. The number of rotatable bonds is 36. The van der Waals surface area contributed by atoms with Gasteiger partial charge in [0.15, 0.2) is 18.5 Å². The van der Waals surface area contributed by atoms with Crippen molar-refractivity contribution in [2.75, 3.05) is 13.2 Å². The van der Waals surface area contributed by atoms with E-state index in [0.29, 0.717) is 12.8 Å². The smallest absolute Gasteiger partial charge is 0.335 e. The molecule has 1 aliphatic rings. The van der Waals surface area contributed by atoms with Gasteiger partial charge in [-0.2, -0.15) is 0 Å². The number of unbranched alkanes of at least 4 members (excludes halogenated alkanes) is 15. The molecule has 4 N–H and O–H groups in total. The van der Waals surface area contributed by atoms with Gasteiger partial charge in [0, 0.05) is 12.8 Å². The Kier molecular flexibility index (Phi) is 33.7. The Hall–Kier alpha value is -3.09. The number of ether oxygens (including phenoxy) is 4. The van der Waals surface area contributed by atoms with Gasteiger partial charge < -0.3 is 39.4 Å². The predicted molar refractivity (Wildman–Crippen MR) is 229 cm³/mol. The van der Waals surface area contributed by atoms with E-state index in [1.807, 2.05) is 0 Å². The van der Waals surface area contributed by atoms with E-state index in [4.69, 9.17) is 18.9 Å². The molecule has 6 unspecified atom stereocenters. The maximum Gasteiger partial charge on any atom is 0.335 e. The fraction of sp³-hybridized carbons (Fsp3) is 0.723. The zero-order chi connectivity index (χ0) is 42.5. The first kappa shape index (κ1) is 52.9. The minimum Gasteiger partial charge on any atom is -0.479 e. The van der Waals surface area contributed by atoms with Crippen molar-refractivity contribution in [1.82, 2.24) is 0 Å². The van der Waals surface area contributed by atoms with Crippen LogP contribution in [0.5, 0.6) is 0 Å². The average molecular weight is 819 g/mol. The van der Waals surface area contributed by atoms with E-state index >= 15 is 0 Å². The van der Waals surface area contributed by atoms with Gasteiger partial charge in [0.25, 0.3) is 0 Å². The molecule has 11 heteroatoms. The SMILES string of the molecule is CC/C=C\C/C=C\C/C=C\CCCCCCCC(=O)OCC(COC1OC(C(=O)O)C(O)C(O)C1O)OC(=O)CCCCCCCCC/C=C\C/C=C\CCCCC. The number of hydrogen-bond donors (Lipinski definition) is 4. The number of aliphatic carboxylic acids is 1. The lowest BCUT2D eigenvalue weighted by Gasteiger charge is -2.38. The summed E-state index contributed by atoms with van der Waals surface area (Å²) in [4.78, 5) is 36.8. The highest BCUT2D eigenvalue weighted by atomic mass is 16.7. The van der Waals surface area contributed by atoms with Gasteiger partial charge >= 0.3 is 17.9 Å². The minimum atomic E-state index is -1.87. The molecule has 58 heavy (non-hydrogen) atoms. The van der Waals surface area contributed by atoms with Crippen LogP contribution in [0, 0.1) is 0 Å². The number of hydrogen-bond acceptors (Lipinski definition) is 10. The molecular weight excluding hydrogens is 741 g/mol. The fourth-order valence-electron chi connectivity index (χ4n) is 6.33. The normalized spacial score (nSPS) is 20.6. The van der Waals surface area contributed by atoms with Crippen molar-refractivity contribution < 1.29 is 53.8 Å². The molecular formula is C47H78O11. The molecule has 11 nitrogen and oxygen atoms in total. The molecule has 1 saturated heterocycles. The van der Waals surface area contributed by atoms with Gasteiger partial charge in [-0.1, -0.05) is 139 Å². The van der Waals surface area contributed by atoms with Gasteiger partial charge in [-0.15, -0.1) is 0 Å². The lowest BCUT2D eigenvalue weighted by Crippen LogP contribution is -2.60. The van der Waals surface area contributed by atoms with Gasteiger partial charge in [0.05, 0.1) is 6.61 Å². The van der Waals surface area contributed by atoms with Crippen molar-refractivity contribution in [1.29, 1.82) is 0 Å². The van der Waals surface area contributed by atoms with Gasteiger partial charge in [0.1, 0.15) is 24.9 Å². The highest BCUT2D eigenvalue weighted by Gasteiger charge is 2.47. The Morgan fingerprint density at radius 2 is 1.02 bits per heavy atom. The van der Waals surface area contributed by atoms with Crippen LogP contribution >= 0.6 is 0 Å². The summed E-state index contributed by atoms with van der Waals surface area (Å²) in [6.07, 6.45) is 35.5. The van der Waals surface area contributed by atoms with E-state index in [9.17, 15) is 34.8 Å². The van der Waals surface area contributed by atoms with Crippen LogP contribution in [0.25, 0.3) is 0 Å². The Balaban J connectivity index is 2.39. The third kappa shape index (κ3) is 28.4. The lowest BCUT2D eigenvalue weighted by molar-refractivity contribution is -0.298. The third-order valence-electron chi connectivity index (χ3n) is 9.85. The second-order valence-electron chi connectivity index (χ2n) is 15.2. The molecule has 6 atom stereocenters. The van der Waals surface area contributed by atoms with E-state index in [0.717, 1.165) is 89.9 Å². The summed E-state index contributed by atoms with van der Waals surface area (Å²) in [6.45, 7) is 3.64. The van der Waals surface area contributed by atoms with Crippen LogP contribution in [0.15, 0.2) is 60.8 Å². The molecule has 332 valence electrons. The number of aliphatic hydroxyl groups excluding tert-OH is 3. The van der Waals surface area contributed by atoms with Crippen LogP contribution in [0.2, 0.25) is 0 Å². The number of carboxylic acids is 1. The molecule has 0 bridgehead atoms. The molecule has 1 rings (SSSR count). The maximum atomic E-state index is 12.8. The first-order valence-electron chi connectivity index (χ1n) is 22.3. The molecule has 1 aliphatic heterocycles. The fourth-order valence-corrected chi connectivity index (χ4v) is 6.33. The number of allylic oxidation sites excluding steroid dienone is 10. The number of carboxylic acid groups (broad SMARTS) is 1. The Bertz CT molecular complexity index is 1190. The quantitative estimate of drug-likeness (QED) is 0.0270. The van der Waals surface area contributed by atoms with E-state index in [2.05, 4.69) is 74.6 Å². The Morgan fingerprint density at radius 1 is 0.552 bits per heavy atom. The first-order chi connectivity index (χ1) is 28.2. The van der Waals surface area contributed by atoms with Crippen LogP contribution < -0.4 is 0 Å². The average Bonchev–Trinajstić information content (AvgIpc) is 3.21. The minimum absolute atomic E-state index is 0.167. The van der Waals surface area contributed by atoms with Crippen molar-refractivity contribution in [2.45, 2.75) is 205 Å². The van der Waals surface area contributed by atoms with Gasteiger partial charge in [-0.05, 0) is 77.0 Å². The monoisotopic (exact) mass is 819 g/mol. The molecule has 1 heterocycles. The van der Waals surface area contributed by atoms with Crippen LogP contribution in [0.4, 0.5) is 0 Å². The summed E-state index contributed by atoms with van der Waals surface area (Å²) >= 11 is 0. The lowest BCUT2D eigenvalue weighted by atomic mass is 9.99. The van der Waals surface area contributed by atoms with Crippen molar-refractivity contribution >= 4 is 17.9 Å². The molecule has 0 saturated carbocycles. The molecule has 1 fully saturated rings. The van der Waals surface area contributed by atoms with Crippen LogP contribution in [-0.2, 0) is 33.3 Å². The Morgan fingerprint density at radius 3 is 1.53 bits per heavy atom. The number of aliphatic hydroxyl groups is 3. The molecule has 0 aliphatic carbocycles. The number of carbonyl (C=O) groups excluding carboxylic acids is 2. The standard InChI is InChI=1S/C47H78O11/c1-3-5-7-9-11-13-15-17-19-20-22-24-26-28-30-32-34-36-41(49)57-39(38-56-47-44(52)42(50)43(51)45(58-47)46(53)54)37-55-40(48)35-33-31-29-27-25-23-21-18-16-14-12-10-8-6-4-2/h6,8,11-14,17-19,21,39,42-45,47,50-52H,3-5,7,9-10,15-16,20,22-38H2,1-2H3,(H,53,54)/b8-6-,13-11-,14-12-,19-17-,21-18-. The molecule has 0 aromatic carbocycles. The second kappa shape index (κ2) is 36.9. The number of carbonyl (C=O) groups is 3. The van der Waals surface area contributed by atoms with E-state index < -0.39 is 61.3 Å². The van der Waals surface area contributed by atoms with Crippen molar-refractivity contribution in [3.05, 3.63) is 60.8 Å². The zero-order valence-electron chi connectivity index (χ0n) is 35.8. The summed E-state index contributed by atoms with van der Waals surface area (Å²) in [5.74, 6) is -2.48. The van der Waals surface area contributed by atoms with Gasteiger partial charge in [-0.25, -0.2) is 4.79 Å². The second-order valence-corrected chi connectivity index (χ2v) is 15.2. The number of esters is 2. The summed E-state index contributed by atoms with van der Waals surface area (Å²) in [5.41, 5.74) is 0. The van der Waals surface area contributed by atoms with Gasteiger partial charge in [0.2, 0.25) is 0 Å². The molecule has 0 aromatic heterocycles. The summed E-state index contributed by atoms with van der Waals surface area (Å²) in [5, 5.41) is 39.8. The highest BCUT2D eigenvalue weighted by Crippen LogP contribution is 2.23. The zero-order valence-corrected chi connectivity index (χ0v) is 35.8. The van der Waals surface area contributed by atoms with Crippen LogP contribution in [-0.4, -0.2) is 88.4 Å². The third-order valence-corrected chi connectivity index (χ3v) is 9.85. The van der Waals surface area contributed by atoms with E-state index in [1.165, 1.54) is 38.5 Å². The van der Waals surface area contributed by atoms with Crippen LogP contribution in [0.1, 0.15) is 168 Å². The maximum absolute atomic E-state index is 12.8. The summed E-state index contributed by atoms with van der Waals surface area (Å²) in [7, 11) is 0. The first-order valence-corrected chi connectivity index (χ1v) is 22.3. The van der Waals surface area contributed by atoms with Crippen molar-refractivity contribution in [3.63, 3.8) is 0 Å². The highest BCUT2D eigenvalue weighted by molar-refractivity contribution is 5.73. The van der Waals surface area contributed by atoms with Gasteiger partial charge in [-0.3, -0.25) is 9.59 Å². The summed E-state index contributed by atoms with van der Waals surface area (Å²) < 4.78 is 21.7. The molecule has 0 amide bonds. The Labute approximate surface area is 349 Å². The molecule has 0 aromatic rings. The summed E-state index contributed by atoms with van der Waals surface area (Å²) in [6, 6.07) is 0. The van der Waals surface area contributed by atoms with E-state index in [1.54, 1.807) is 0 Å². The molecule has 0 spiro atoms. The van der Waals surface area contributed by atoms with Crippen molar-refractivity contribution in [2.24, 2.45) is 0 Å². The van der Waals surface area contributed by atoms with Crippen LogP contribution in [0.3, 0.4) is 0 Å².